The number of hydrogen-bond donors (Lipinski definition) is 0. The Morgan fingerprint density at radius 2 is 1.27 bits per heavy atom. The third kappa shape index (κ3) is 9.48. The first-order valence-corrected chi connectivity index (χ1v) is 16.6. The van der Waals surface area contributed by atoms with Crippen LogP contribution in [-0.4, -0.2) is 23.6 Å². The average Bonchev–Trinajstić information content (AvgIpc) is 2.80. The van der Waals surface area contributed by atoms with Gasteiger partial charge in [0.2, 0.25) is 0 Å². The topological polar surface area (TPSA) is 52.6 Å². The Morgan fingerprint density at radius 3 is 1.68 bits per heavy atom. The molecule has 0 N–H and O–H groups in total. The molecule has 40 heavy (non-hydrogen) atoms. The van der Waals surface area contributed by atoms with Crippen LogP contribution < -0.4 is 0 Å². The van der Waals surface area contributed by atoms with Crippen LogP contribution >= 0.6 is 0 Å². The fourth-order valence-electron chi connectivity index (χ4n) is 7.29. The minimum atomic E-state index is -0.493. The number of hydrogen-bond acceptors (Lipinski definition) is 4. The molecule has 0 aliphatic heterocycles. The predicted octanol–water partition coefficient (Wildman–Crippen LogP) is 10.3. The molecule has 0 amide bonds. The minimum Gasteiger partial charge on any atom is -0.461 e. The summed E-state index contributed by atoms with van der Waals surface area (Å²) < 4.78 is 13.0. The second kappa shape index (κ2) is 14.4. The lowest BCUT2D eigenvalue weighted by Crippen LogP contribution is -2.47. The van der Waals surface area contributed by atoms with E-state index in [1.807, 2.05) is 0 Å². The molecule has 0 radical (unpaired) electrons. The molecule has 0 aromatic carbocycles. The van der Waals surface area contributed by atoms with E-state index in [9.17, 15) is 9.59 Å². The fraction of sp³-hybridized carbons (Fsp3) is 0.944. The molecule has 1 aliphatic carbocycles. The van der Waals surface area contributed by atoms with E-state index in [0.29, 0.717) is 17.8 Å². The molecule has 4 nitrogen and oxygen atoms in total. The van der Waals surface area contributed by atoms with Crippen molar-refractivity contribution in [2.24, 2.45) is 51.8 Å². The molecule has 0 bridgehead atoms. The molecule has 0 aromatic rings. The maximum atomic E-state index is 13.7. The first-order chi connectivity index (χ1) is 18.1. The van der Waals surface area contributed by atoms with Crippen molar-refractivity contribution in [2.45, 2.75) is 167 Å². The zero-order valence-electron chi connectivity index (χ0n) is 29.3. The Labute approximate surface area is 249 Å². The molecule has 6 atom stereocenters. The highest BCUT2D eigenvalue weighted by molar-refractivity contribution is 5.77. The quantitative estimate of drug-likeness (QED) is 0.197. The maximum absolute atomic E-state index is 13.7. The lowest BCUT2D eigenvalue weighted by Gasteiger charge is -2.45. The van der Waals surface area contributed by atoms with Crippen molar-refractivity contribution in [3.05, 3.63) is 0 Å². The van der Waals surface area contributed by atoms with Gasteiger partial charge in [-0.05, 0) is 99.7 Å². The van der Waals surface area contributed by atoms with Crippen molar-refractivity contribution in [2.75, 3.05) is 0 Å². The summed E-state index contributed by atoms with van der Waals surface area (Å²) in [5.41, 5.74) is -1.52. The molecule has 0 heterocycles. The van der Waals surface area contributed by atoms with Gasteiger partial charge in [-0.25, -0.2) is 0 Å². The van der Waals surface area contributed by atoms with Gasteiger partial charge in [0.05, 0.1) is 10.8 Å². The van der Waals surface area contributed by atoms with Crippen LogP contribution in [0, 0.1) is 51.8 Å². The SMILES string of the molecule is CCC1(OC(=O)C(C)(CC(C)C)C(C)C)CCCC(CC(C)C(OC(=O)C(C)(CC(C)C)C(C)C)C(C)(C)C)C1. The largest absolute Gasteiger partial charge is 0.461 e. The standard InChI is InChI=1S/C36H68O4/c1-16-36(40-32(38)35(15,27(8)9)22-25(4)5)19-17-18-29(23-36)20-28(10)30(33(11,12)13)39-31(37)34(14,26(6)7)21-24(2)3/h24-30H,16-23H2,1-15H3. The van der Waals surface area contributed by atoms with Crippen LogP contribution in [0.2, 0.25) is 0 Å². The summed E-state index contributed by atoms with van der Waals surface area (Å²) >= 11 is 0. The summed E-state index contributed by atoms with van der Waals surface area (Å²) in [5, 5.41) is 0. The van der Waals surface area contributed by atoms with Crippen LogP contribution in [-0.2, 0) is 19.1 Å². The van der Waals surface area contributed by atoms with E-state index >= 15 is 0 Å². The van der Waals surface area contributed by atoms with Gasteiger partial charge in [-0.2, -0.15) is 0 Å². The molecule has 6 unspecified atom stereocenters. The van der Waals surface area contributed by atoms with Crippen LogP contribution in [0.4, 0.5) is 0 Å². The summed E-state index contributed by atoms with van der Waals surface area (Å²) in [4.78, 5) is 27.4. The van der Waals surface area contributed by atoms with E-state index in [1.165, 1.54) is 0 Å². The molecular weight excluding hydrogens is 496 g/mol. The van der Waals surface area contributed by atoms with E-state index in [4.69, 9.17) is 9.47 Å². The monoisotopic (exact) mass is 565 g/mol. The number of esters is 2. The summed E-state index contributed by atoms with van der Waals surface area (Å²) in [7, 11) is 0. The summed E-state index contributed by atoms with van der Waals surface area (Å²) in [5.74, 6) is 1.89. The van der Waals surface area contributed by atoms with Crippen LogP contribution in [0.1, 0.15) is 155 Å². The maximum Gasteiger partial charge on any atom is 0.312 e. The van der Waals surface area contributed by atoms with Crippen molar-refractivity contribution >= 4 is 11.9 Å². The van der Waals surface area contributed by atoms with Gasteiger partial charge >= 0.3 is 11.9 Å². The zero-order chi connectivity index (χ0) is 31.3. The highest BCUT2D eigenvalue weighted by atomic mass is 16.6. The zero-order valence-corrected chi connectivity index (χ0v) is 29.3. The molecule has 236 valence electrons. The second-order valence-corrected chi connectivity index (χ2v) is 16.6. The molecule has 0 aromatic heterocycles. The van der Waals surface area contributed by atoms with Gasteiger partial charge in [-0.15, -0.1) is 0 Å². The third-order valence-corrected chi connectivity index (χ3v) is 10.3. The molecule has 1 rings (SSSR count). The normalized spacial score (nSPS) is 25.0. The molecule has 1 aliphatic rings. The van der Waals surface area contributed by atoms with Gasteiger partial charge in [0.15, 0.2) is 0 Å². The van der Waals surface area contributed by atoms with Crippen LogP contribution in [0.15, 0.2) is 0 Å². The number of carbonyl (C=O) groups is 2. The van der Waals surface area contributed by atoms with E-state index in [-0.39, 0.29) is 41.2 Å². The second-order valence-electron chi connectivity index (χ2n) is 16.6. The van der Waals surface area contributed by atoms with Gasteiger partial charge in [-0.1, -0.05) is 96.4 Å². The van der Waals surface area contributed by atoms with Gasteiger partial charge in [0, 0.05) is 0 Å². The number of rotatable bonds is 14. The highest BCUT2D eigenvalue weighted by Gasteiger charge is 2.47. The fourth-order valence-corrected chi connectivity index (χ4v) is 7.29. The Kier molecular flexibility index (Phi) is 13.3. The van der Waals surface area contributed by atoms with E-state index in [1.54, 1.807) is 0 Å². The Morgan fingerprint density at radius 1 is 0.800 bits per heavy atom. The Hall–Kier alpha value is -1.06. The molecule has 4 heteroatoms. The van der Waals surface area contributed by atoms with Crippen molar-refractivity contribution in [3.63, 3.8) is 0 Å². The van der Waals surface area contributed by atoms with Crippen molar-refractivity contribution < 1.29 is 19.1 Å². The third-order valence-electron chi connectivity index (χ3n) is 10.3. The van der Waals surface area contributed by atoms with Crippen molar-refractivity contribution in [3.8, 4) is 0 Å². The van der Waals surface area contributed by atoms with Crippen molar-refractivity contribution in [1.82, 2.24) is 0 Å². The number of carbonyl (C=O) groups excluding carboxylic acids is 2. The summed E-state index contributed by atoms with van der Waals surface area (Å²) in [6.45, 7) is 32.5. The van der Waals surface area contributed by atoms with Crippen LogP contribution in [0.25, 0.3) is 0 Å². The molecule has 0 saturated heterocycles. The summed E-state index contributed by atoms with van der Waals surface area (Å²) in [6, 6.07) is 0. The Bertz CT molecular complexity index is 806. The van der Waals surface area contributed by atoms with Crippen LogP contribution in [0.5, 0.6) is 0 Å². The van der Waals surface area contributed by atoms with Crippen LogP contribution in [0.3, 0.4) is 0 Å². The lowest BCUT2D eigenvalue weighted by molar-refractivity contribution is -0.183. The van der Waals surface area contributed by atoms with Gasteiger partial charge in [0.25, 0.3) is 0 Å². The van der Waals surface area contributed by atoms with Gasteiger partial charge in [0.1, 0.15) is 11.7 Å². The van der Waals surface area contributed by atoms with Gasteiger partial charge < -0.3 is 9.47 Å². The van der Waals surface area contributed by atoms with Crippen molar-refractivity contribution in [1.29, 1.82) is 0 Å². The first-order valence-electron chi connectivity index (χ1n) is 16.6. The van der Waals surface area contributed by atoms with E-state index in [2.05, 4.69) is 104 Å². The molecule has 0 spiro atoms. The minimum absolute atomic E-state index is 0.0219. The molecule has 1 saturated carbocycles. The number of ether oxygens (including phenoxy) is 2. The Balaban J connectivity index is 3.13. The average molecular weight is 565 g/mol. The van der Waals surface area contributed by atoms with E-state index in [0.717, 1.165) is 51.4 Å². The smallest absolute Gasteiger partial charge is 0.312 e. The predicted molar refractivity (Wildman–Crippen MR) is 169 cm³/mol. The lowest BCUT2D eigenvalue weighted by atomic mass is 9.70. The first kappa shape index (κ1) is 37.0. The molecular formula is C36H68O4. The van der Waals surface area contributed by atoms with Gasteiger partial charge in [-0.3, -0.25) is 9.59 Å². The van der Waals surface area contributed by atoms with E-state index < -0.39 is 16.4 Å². The molecule has 1 fully saturated rings. The highest BCUT2D eigenvalue weighted by Crippen LogP contribution is 2.46. The summed E-state index contributed by atoms with van der Waals surface area (Å²) in [6.07, 6.45) is 7.37.